The molecule has 0 atom stereocenters. The SMILES string of the molecule is COc1cc(C(c2ccc(O)c(C(C)C)c2)c2ccc(O)c(C(C)C)c2)ccc1O. The van der Waals surface area contributed by atoms with Crippen LogP contribution < -0.4 is 4.74 Å². The first-order chi connectivity index (χ1) is 14.2. The number of phenols is 3. The summed E-state index contributed by atoms with van der Waals surface area (Å²) in [5.41, 5.74) is 4.75. The molecule has 0 fully saturated rings. The van der Waals surface area contributed by atoms with Gasteiger partial charge in [0.15, 0.2) is 11.5 Å². The van der Waals surface area contributed by atoms with Crippen LogP contribution in [0, 0.1) is 0 Å². The molecule has 3 rings (SSSR count). The summed E-state index contributed by atoms with van der Waals surface area (Å²) in [7, 11) is 1.53. The van der Waals surface area contributed by atoms with Crippen molar-refractivity contribution in [1.29, 1.82) is 0 Å². The van der Waals surface area contributed by atoms with Gasteiger partial charge in [0, 0.05) is 5.92 Å². The molecule has 0 amide bonds. The fourth-order valence-corrected chi connectivity index (χ4v) is 3.88. The maximum atomic E-state index is 10.3. The van der Waals surface area contributed by atoms with E-state index in [9.17, 15) is 15.3 Å². The fraction of sp³-hybridized carbons (Fsp3) is 0.308. The van der Waals surface area contributed by atoms with Gasteiger partial charge in [-0.3, -0.25) is 0 Å². The van der Waals surface area contributed by atoms with Crippen LogP contribution in [0.5, 0.6) is 23.0 Å². The van der Waals surface area contributed by atoms with Gasteiger partial charge < -0.3 is 20.1 Å². The molecule has 4 heteroatoms. The minimum Gasteiger partial charge on any atom is -0.508 e. The summed E-state index contributed by atoms with van der Waals surface area (Å²) < 4.78 is 5.34. The Morgan fingerprint density at radius 3 is 1.40 bits per heavy atom. The predicted octanol–water partition coefficient (Wildman–Crippen LogP) is 6.24. The lowest BCUT2D eigenvalue weighted by atomic mass is 9.82. The first-order valence-electron chi connectivity index (χ1n) is 10.3. The number of benzene rings is 3. The third-order valence-corrected chi connectivity index (χ3v) is 5.55. The number of phenolic OH excluding ortho intramolecular Hbond substituents is 3. The summed E-state index contributed by atoms with van der Waals surface area (Å²) >= 11 is 0. The van der Waals surface area contributed by atoms with Crippen LogP contribution in [0.4, 0.5) is 0 Å². The zero-order chi connectivity index (χ0) is 22.0. The van der Waals surface area contributed by atoms with Crippen molar-refractivity contribution >= 4 is 0 Å². The summed E-state index contributed by atoms with van der Waals surface area (Å²) in [5.74, 6) is 1.24. The highest BCUT2D eigenvalue weighted by atomic mass is 16.5. The molecular weight excluding hydrogens is 376 g/mol. The summed E-state index contributed by atoms with van der Waals surface area (Å²) in [5, 5.41) is 30.7. The molecule has 0 aliphatic rings. The number of aromatic hydroxyl groups is 3. The molecule has 0 unspecified atom stereocenters. The number of ether oxygens (including phenoxy) is 1. The maximum absolute atomic E-state index is 10.3. The molecule has 0 aromatic heterocycles. The summed E-state index contributed by atoms with van der Waals surface area (Å²) in [6.45, 7) is 8.20. The van der Waals surface area contributed by atoms with Gasteiger partial charge in [-0.2, -0.15) is 0 Å². The summed E-state index contributed by atoms with van der Waals surface area (Å²) in [4.78, 5) is 0. The lowest BCUT2D eigenvalue weighted by Gasteiger charge is -2.23. The molecule has 4 nitrogen and oxygen atoms in total. The molecule has 0 saturated heterocycles. The van der Waals surface area contributed by atoms with Crippen LogP contribution in [0.1, 0.15) is 73.3 Å². The van der Waals surface area contributed by atoms with E-state index in [2.05, 4.69) is 27.7 Å². The Bertz CT molecular complexity index is 980. The van der Waals surface area contributed by atoms with Crippen LogP contribution in [0.25, 0.3) is 0 Å². The van der Waals surface area contributed by atoms with Gasteiger partial charge in [-0.25, -0.2) is 0 Å². The predicted molar refractivity (Wildman–Crippen MR) is 120 cm³/mol. The zero-order valence-electron chi connectivity index (χ0n) is 18.2. The Hall–Kier alpha value is -3.14. The second-order valence-electron chi connectivity index (χ2n) is 8.31. The maximum Gasteiger partial charge on any atom is 0.160 e. The van der Waals surface area contributed by atoms with E-state index in [0.29, 0.717) is 5.75 Å². The van der Waals surface area contributed by atoms with E-state index in [1.165, 1.54) is 7.11 Å². The molecule has 3 N–H and O–H groups in total. The van der Waals surface area contributed by atoms with Crippen LogP contribution in [0.2, 0.25) is 0 Å². The minimum absolute atomic E-state index is 0.0853. The first kappa shape index (κ1) is 21.6. The Labute approximate surface area is 178 Å². The van der Waals surface area contributed by atoms with Crippen LogP contribution in [0.15, 0.2) is 54.6 Å². The second-order valence-corrected chi connectivity index (χ2v) is 8.31. The Kier molecular flexibility index (Phi) is 6.25. The standard InChI is InChI=1S/C26H30O4/c1-15(2)20-12-17(6-9-22(20)27)26(19-8-11-24(29)25(14-19)30-5)18-7-10-23(28)21(13-18)16(3)4/h6-16,26-29H,1-5H3. The second kappa shape index (κ2) is 8.70. The van der Waals surface area contributed by atoms with Gasteiger partial charge in [0.2, 0.25) is 0 Å². The van der Waals surface area contributed by atoms with Crippen LogP contribution in [-0.4, -0.2) is 22.4 Å². The topological polar surface area (TPSA) is 69.9 Å². The van der Waals surface area contributed by atoms with Crippen LogP contribution in [0.3, 0.4) is 0 Å². The highest BCUT2D eigenvalue weighted by Crippen LogP contribution is 2.40. The molecule has 0 radical (unpaired) electrons. The van der Waals surface area contributed by atoms with Gasteiger partial charge in [0.05, 0.1) is 7.11 Å². The van der Waals surface area contributed by atoms with E-state index in [-0.39, 0.29) is 35.0 Å². The molecule has 0 saturated carbocycles. The van der Waals surface area contributed by atoms with Crippen molar-refractivity contribution in [2.24, 2.45) is 0 Å². The summed E-state index contributed by atoms with van der Waals surface area (Å²) in [6.07, 6.45) is 0. The Morgan fingerprint density at radius 2 is 1.00 bits per heavy atom. The van der Waals surface area contributed by atoms with Gasteiger partial charge in [-0.1, -0.05) is 58.0 Å². The smallest absolute Gasteiger partial charge is 0.160 e. The Balaban J connectivity index is 2.25. The zero-order valence-corrected chi connectivity index (χ0v) is 18.2. The molecule has 3 aromatic carbocycles. The normalized spacial score (nSPS) is 11.5. The fourth-order valence-electron chi connectivity index (χ4n) is 3.88. The van der Waals surface area contributed by atoms with Crippen molar-refractivity contribution in [1.82, 2.24) is 0 Å². The average molecular weight is 407 g/mol. The van der Waals surface area contributed by atoms with E-state index in [0.717, 1.165) is 27.8 Å². The summed E-state index contributed by atoms with van der Waals surface area (Å²) in [6, 6.07) is 16.7. The molecule has 0 bridgehead atoms. The molecular formula is C26H30O4. The molecule has 0 aliphatic carbocycles. The molecule has 3 aromatic rings. The molecule has 158 valence electrons. The lowest BCUT2D eigenvalue weighted by molar-refractivity contribution is 0.373. The van der Waals surface area contributed by atoms with Gasteiger partial charge in [-0.15, -0.1) is 0 Å². The first-order valence-corrected chi connectivity index (χ1v) is 10.3. The van der Waals surface area contributed by atoms with Crippen molar-refractivity contribution in [3.8, 4) is 23.0 Å². The van der Waals surface area contributed by atoms with Crippen molar-refractivity contribution < 1.29 is 20.1 Å². The number of hydrogen-bond donors (Lipinski definition) is 3. The quantitative estimate of drug-likeness (QED) is 0.424. The van der Waals surface area contributed by atoms with Gasteiger partial charge in [0.25, 0.3) is 0 Å². The van der Waals surface area contributed by atoms with Crippen molar-refractivity contribution in [3.05, 3.63) is 82.4 Å². The number of hydrogen-bond acceptors (Lipinski definition) is 4. The minimum atomic E-state index is -0.157. The van der Waals surface area contributed by atoms with Gasteiger partial charge >= 0.3 is 0 Å². The van der Waals surface area contributed by atoms with Crippen molar-refractivity contribution in [3.63, 3.8) is 0 Å². The van der Waals surface area contributed by atoms with Crippen molar-refractivity contribution in [2.45, 2.75) is 45.4 Å². The number of methoxy groups -OCH3 is 1. The van der Waals surface area contributed by atoms with E-state index < -0.39 is 0 Å². The molecule has 0 spiro atoms. The monoisotopic (exact) mass is 406 g/mol. The highest BCUT2D eigenvalue weighted by Gasteiger charge is 2.22. The largest absolute Gasteiger partial charge is 0.508 e. The lowest BCUT2D eigenvalue weighted by Crippen LogP contribution is -2.06. The molecule has 30 heavy (non-hydrogen) atoms. The van der Waals surface area contributed by atoms with E-state index in [1.807, 2.05) is 36.4 Å². The van der Waals surface area contributed by atoms with E-state index in [1.54, 1.807) is 18.2 Å². The van der Waals surface area contributed by atoms with Gasteiger partial charge in [-0.05, 0) is 63.9 Å². The van der Waals surface area contributed by atoms with E-state index in [4.69, 9.17) is 4.74 Å². The highest BCUT2D eigenvalue weighted by molar-refractivity contribution is 5.53. The van der Waals surface area contributed by atoms with E-state index >= 15 is 0 Å². The van der Waals surface area contributed by atoms with Crippen molar-refractivity contribution in [2.75, 3.05) is 7.11 Å². The van der Waals surface area contributed by atoms with Crippen LogP contribution >= 0.6 is 0 Å². The Morgan fingerprint density at radius 1 is 0.600 bits per heavy atom. The van der Waals surface area contributed by atoms with Gasteiger partial charge in [0.1, 0.15) is 11.5 Å². The third-order valence-electron chi connectivity index (χ3n) is 5.55. The molecule has 0 heterocycles. The average Bonchev–Trinajstić information content (AvgIpc) is 2.71. The third kappa shape index (κ3) is 4.23. The number of rotatable bonds is 6. The molecule has 0 aliphatic heterocycles. The van der Waals surface area contributed by atoms with Crippen LogP contribution in [-0.2, 0) is 0 Å².